The number of hydrogen-bond donors (Lipinski definition) is 1. The molecule has 3 heteroatoms. The SMILES string of the molecule is C/C=C\C(=C/C)C(=O)c1cc(Br)ccc1O. The van der Waals surface area contributed by atoms with E-state index in [0.29, 0.717) is 11.1 Å². The fraction of sp³-hybridized carbons (Fsp3) is 0.154. The number of hydrogen-bond acceptors (Lipinski definition) is 2. The lowest BCUT2D eigenvalue weighted by Crippen LogP contribution is -2.01. The molecule has 0 aliphatic carbocycles. The second kappa shape index (κ2) is 5.66. The van der Waals surface area contributed by atoms with Crippen molar-refractivity contribution in [3.05, 3.63) is 52.0 Å². The zero-order valence-corrected chi connectivity index (χ0v) is 10.8. The zero-order valence-electron chi connectivity index (χ0n) is 9.20. The number of rotatable bonds is 3. The molecular weight excluding hydrogens is 268 g/mol. The molecule has 0 heterocycles. The van der Waals surface area contributed by atoms with Crippen LogP contribution in [0.15, 0.2) is 46.5 Å². The third kappa shape index (κ3) is 2.83. The van der Waals surface area contributed by atoms with Gasteiger partial charge in [-0.2, -0.15) is 0 Å². The second-order valence-corrected chi connectivity index (χ2v) is 4.15. The highest BCUT2D eigenvalue weighted by Crippen LogP contribution is 2.24. The van der Waals surface area contributed by atoms with Gasteiger partial charge in [-0.15, -0.1) is 0 Å². The molecule has 1 rings (SSSR count). The van der Waals surface area contributed by atoms with E-state index in [1.807, 2.05) is 6.92 Å². The Labute approximate surface area is 103 Å². The van der Waals surface area contributed by atoms with Crippen molar-refractivity contribution in [1.29, 1.82) is 0 Å². The van der Waals surface area contributed by atoms with Crippen molar-refractivity contribution < 1.29 is 9.90 Å². The normalized spacial score (nSPS) is 12.1. The van der Waals surface area contributed by atoms with Crippen LogP contribution in [0.2, 0.25) is 0 Å². The van der Waals surface area contributed by atoms with Crippen LogP contribution in [0.5, 0.6) is 5.75 Å². The van der Waals surface area contributed by atoms with Crippen LogP contribution in [0.4, 0.5) is 0 Å². The molecule has 0 spiro atoms. The maximum Gasteiger partial charge on any atom is 0.196 e. The Morgan fingerprint density at radius 2 is 2.06 bits per heavy atom. The van der Waals surface area contributed by atoms with Crippen LogP contribution in [0.3, 0.4) is 0 Å². The average Bonchev–Trinajstić information content (AvgIpc) is 2.28. The maximum absolute atomic E-state index is 12.0. The fourth-order valence-electron chi connectivity index (χ4n) is 1.33. The number of allylic oxidation sites excluding steroid dienone is 4. The minimum Gasteiger partial charge on any atom is -0.507 e. The Morgan fingerprint density at radius 3 is 2.62 bits per heavy atom. The first kappa shape index (κ1) is 12.7. The number of benzene rings is 1. The second-order valence-electron chi connectivity index (χ2n) is 3.23. The lowest BCUT2D eigenvalue weighted by molar-refractivity contribution is 0.103. The molecule has 2 nitrogen and oxygen atoms in total. The predicted molar refractivity (Wildman–Crippen MR) is 68.7 cm³/mol. The number of aromatic hydroxyl groups is 1. The average molecular weight is 281 g/mol. The van der Waals surface area contributed by atoms with E-state index in [4.69, 9.17) is 0 Å². The Kier molecular flexibility index (Phi) is 4.50. The summed E-state index contributed by atoms with van der Waals surface area (Å²) in [4.78, 5) is 12.0. The van der Waals surface area contributed by atoms with Crippen LogP contribution in [-0.2, 0) is 0 Å². The van der Waals surface area contributed by atoms with E-state index in [1.54, 1.807) is 37.3 Å². The Hall–Kier alpha value is -1.35. The molecule has 0 aliphatic rings. The molecule has 0 unspecified atom stereocenters. The molecular formula is C13H13BrO2. The van der Waals surface area contributed by atoms with Crippen molar-refractivity contribution in [1.82, 2.24) is 0 Å². The van der Waals surface area contributed by atoms with Gasteiger partial charge in [0.25, 0.3) is 0 Å². The Bertz CT molecular complexity index is 459. The van der Waals surface area contributed by atoms with E-state index in [9.17, 15) is 9.90 Å². The highest BCUT2D eigenvalue weighted by Gasteiger charge is 2.13. The monoisotopic (exact) mass is 280 g/mol. The van der Waals surface area contributed by atoms with Crippen LogP contribution in [-0.4, -0.2) is 10.9 Å². The van der Waals surface area contributed by atoms with Gasteiger partial charge in [-0.1, -0.05) is 34.2 Å². The highest BCUT2D eigenvalue weighted by molar-refractivity contribution is 9.10. The molecule has 16 heavy (non-hydrogen) atoms. The van der Waals surface area contributed by atoms with Gasteiger partial charge in [0.15, 0.2) is 5.78 Å². The summed E-state index contributed by atoms with van der Waals surface area (Å²) in [5.74, 6) is -0.184. The maximum atomic E-state index is 12.0. The molecule has 0 amide bonds. The lowest BCUT2D eigenvalue weighted by Gasteiger charge is -2.04. The van der Waals surface area contributed by atoms with E-state index in [2.05, 4.69) is 15.9 Å². The quantitative estimate of drug-likeness (QED) is 0.519. The summed E-state index contributed by atoms with van der Waals surface area (Å²) in [6.07, 6.45) is 5.24. The zero-order chi connectivity index (χ0) is 12.1. The van der Waals surface area contributed by atoms with E-state index < -0.39 is 0 Å². The van der Waals surface area contributed by atoms with E-state index >= 15 is 0 Å². The number of Topliss-reactive ketones (excluding diaryl/α,β-unsaturated/α-hetero) is 1. The number of phenolic OH excluding ortho intramolecular Hbond substituents is 1. The first-order chi connectivity index (χ1) is 7.60. The van der Waals surface area contributed by atoms with Gasteiger partial charge in [-0.3, -0.25) is 4.79 Å². The van der Waals surface area contributed by atoms with Crippen LogP contribution >= 0.6 is 15.9 Å². The van der Waals surface area contributed by atoms with Crippen LogP contribution in [0.1, 0.15) is 24.2 Å². The van der Waals surface area contributed by atoms with Crippen molar-refractivity contribution >= 4 is 21.7 Å². The molecule has 0 fully saturated rings. The van der Waals surface area contributed by atoms with Gasteiger partial charge < -0.3 is 5.11 Å². The minimum atomic E-state index is -0.181. The van der Waals surface area contributed by atoms with Gasteiger partial charge in [0.05, 0.1) is 5.56 Å². The summed E-state index contributed by atoms with van der Waals surface area (Å²) < 4.78 is 0.768. The molecule has 84 valence electrons. The minimum absolute atomic E-state index is 0.00273. The van der Waals surface area contributed by atoms with Crippen molar-refractivity contribution in [3.63, 3.8) is 0 Å². The van der Waals surface area contributed by atoms with Gasteiger partial charge in [0.2, 0.25) is 0 Å². The van der Waals surface area contributed by atoms with Crippen molar-refractivity contribution in [2.24, 2.45) is 0 Å². The van der Waals surface area contributed by atoms with E-state index in [0.717, 1.165) is 4.47 Å². The number of carbonyl (C=O) groups is 1. The van der Waals surface area contributed by atoms with Gasteiger partial charge in [0.1, 0.15) is 5.75 Å². The molecule has 0 radical (unpaired) electrons. The number of carbonyl (C=O) groups excluding carboxylic acids is 1. The van der Waals surface area contributed by atoms with Gasteiger partial charge in [-0.25, -0.2) is 0 Å². The summed E-state index contributed by atoms with van der Waals surface area (Å²) in [5, 5.41) is 9.63. The van der Waals surface area contributed by atoms with Crippen LogP contribution in [0.25, 0.3) is 0 Å². The molecule has 1 aromatic rings. The molecule has 0 saturated carbocycles. The van der Waals surface area contributed by atoms with Crippen molar-refractivity contribution in [2.75, 3.05) is 0 Å². The molecule has 1 N–H and O–H groups in total. The summed E-state index contributed by atoms with van der Waals surface area (Å²) in [6.45, 7) is 3.64. The smallest absolute Gasteiger partial charge is 0.196 e. The molecule has 0 atom stereocenters. The van der Waals surface area contributed by atoms with Gasteiger partial charge in [-0.05, 0) is 32.0 Å². The van der Waals surface area contributed by atoms with Crippen molar-refractivity contribution in [3.8, 4) is 5.75 Å². The molecule has 0 aliphatic heterocycles. The summed E-state index contributed by atoms with van der Waals surface area (Å²) in [5.41, 5.74) is 0.872. The standard InChI is InChI=1S/C13H13BrO2/c1-3-5-9(4-2)13(16)11-8-10(14)6-7-12(11)15/h3-8,15H,1-2H3/b5-3-,9-4+. The summed E-state index contributed by atoms with van der Waals surface area (Å²) in [7, 11) is 0. The summed E-state index contributed by atoms with van der Waals surface area (Å²) in [6, 6.07) is 4.81. The largest absolute Gasteiger partial charge is 0.507 e. The van der Waals surface area contributed by atoms with Crippen LogP contribution < -0.4 is 0 Å². The Balaban J connectivity index is 3.18. The number of phenols is 1. The predicted octanol–water partition coefficient (Wildman–Crippen LogP) is 3.86. The first-order valence-electron chi connectivity index (χ1n) is 4.92. The van der Waals surface area contributed by atoms with Gasteiger partial charge in [0, 0.05) is 10.0 Å². The van der Waals surface area contributed by atoms with Gasteiger partial charge >= 0.3 is 0 Å². The lowest BCUT2D eigenvalue weighted by atomic mass is 10.0. The summed E-state index contributed by atoms with van der Waals surface area (Å²) >= 11 is 3.27. The molecule has 0 aromatic heterocycles. The van der Waals surface area contributed by atoms with E-state index in [-0.39, 0.29) is 11.5 Å². The third-order valence-corrected chi connectivity index (χ3v) is 2.62. The third-order valence-electron chi connectivity index (χ3n) is 2.12. The van der Waals surface area contributed by atoms with E-state index in [1.165, 1.54) is 6.07 Å². The van der Waals surface area contributed by atoms with Crippen LogP contribution in [0, 0.1) is 0 Å². The first-order valence-corrected chi connectivity index (χ1v) is 5.71. The number of ketones is 1. The van der Waals surface area contributed by atoms with Crippen molar-refractivity contribution in [2.45, 2.75) is 13.8 Å². The molecule has 1 aromatic carbocycles. The highest BCUT2D eigenvalue weighted by atomic mass is 79.9. The Morgan fingerprint density at radius 1 is 1.38 bits per heavy atom. The topological polar surface area (TPSA) is 37.3 Å². The fourth-order valence-corrected chi connectivity index (χ4v) is 1.69. The molecule has 0 saturated heterocycles. The number of halogens is 1. The molecule has 0 bridgehead atoms.